The monoisotopic (exact) mass is 482 g/mol. The smallest absolute Gasteiger partial charge is 0.325 e. The molecule has 8 heteroatoms. The second kappa shape index (κ2) is 8.89. The Kier molecular flexibility index (Phi) is 6.80. The number of urea groups is 1. The van der Waals surface area contributed by atoms with E-state index in [1.807, 2.05) is 36.4 Å². The molecule has 1 saturated heterocycles. The predicted molar refractivity (Wildman–Crippen MR) is 124 cm³/mol. The number of amides is 3. The SMILES string of the molecule is CC1(C)NC(=O)N(Cc2ccc(C(C)(C)c3cc(Cl)c(OCCCl)c(Cl)c3)cc2)C1=O. The fraction of sp³-hybridized carbons (Fsp3) is 0.391. The van der Waals surface area contributed by atoms with Gasteiger partial charge in [0.05, 0.1) is 22.5 Å². The van der Waals surface area contributed by atoms with E-state index >= 15 is 0 Å². The van der Waals surface area contributed by atoms with E-state index in [0.717, 1.165) is 16.7 Å². The van der Waals surface area contributed by atoms with Crippen LogP contribution in [0.5, 0.6) is 5.75 Å². The first-order valence-electron chi connectivity index (χ1n) is 9.89. The third-order valence-electron chi connectivity index (χ3n) is 5.50. The summed E-state index contributed by atoms with van der Waals surface area (Å²) >= 11 is 18.5. The first-order chi connectivity index (χ1) is 14.5. The van der Waals surface area contributed by atoms with Crippen LogP contribution in [0.3, 0.4) is 0 Å². The molecule has 3 amide bonds. The van der Waals surface area contributed by atoms with Gasteiger partial charge in [0.2, 0.25) is 0 Å². The van der Waals surface area contributed by atoms with Crippen LogP contribution in [-0.2, 0) is 16.8 Å². The molecular formula is C23H25Cl3N2O3. The van der Waals surface area contributed by atoms with Gasteiger partial charge in [0.25, 0.3) is 5.91 Å². The van der Waals surface area contributed by atoms with Gasteiger partial charge >= 0.3 is 6.03 Å². The minimum atomic E-state index is -0.878. The molecule has 0 aliphatic carbocycles. The van der Waals surface area contributed by atoms with Crippen LogP contribution in [0.15, 0.2) is 36.4 Å². The number of nitrogens with zero attached hydrogens (tertiary/aromatic N) is 1. The van der Waals surface area contributed by atoms with Crippen molar-refractivity contribution in [2.45, 2.75) is 45.2 Å². The number of benzene rings is 2. The van der Waals surface area contributed by atoms with Crippen molar-refractivity contribution in [2.24, 2.45) is 0 Å². The molecule has 166 valence electrons. The van der Waals surface area contributed by atoms with Crippen LogP contribution in [0, 0.1) is 0 Å². The number of halogens is 3. The van der Waals surface area contributed by atoms with Gasteiger partial charge in [-0.05, 0) is 42.7 Å². The average Bonchev–Trinajstić information content (AvgIpc) is 2.89. The van der Waals surface area contributed by atoms with E-state index in [2.05, 4.69) is 19.2 Å². The quantitative estimate of drug-likeness (QED) is 0.402. The summed E-state index contributed by atoms with van der Waals surface area (Å²) in [5.41, 5.74) is 1.57. The minimum absolute atomic E-state index is 0.221. The van der Waals surface area contributed by atoms with Crippen molar-refractivity contribution in [3.05, 3.63) is 63.1 Å². The van der Waals surface area contributed by atoms with Crippen LogP contribution in [0.25, 0.3) is 0 Å². The topological polar surface area (TPSA) is 58.6 Å². The first-order valence-corrected chi connectivity index (χ1v) is 11.2. The molecule has 0 aromatic heterocycles. The molecule has 1 heterocycles. The van der Waals surface area contributed by atoms with E-state index in [4.69, 9.17) is 39.5 Å². The number of alkyl halides is 1. The number of imide groups is 1. The zero-order valence-corrected chi connectivity index (χ0v) is 20.2. The lowest BCUT2D eigenvalue weighted by Crippen LogP contribution is -2.40. The number of hydrogen-bond acceptors (Lipinski definition) is 3. The van der Waals surface area contributed by atoms with Crippen molar-refractivity contribution >= 4 is 46.7 Å². The Morgan fingerprint density at radius 1 is 1.03 bits per heavy atom. The zero-order valence-electron chi connectivity index (χ0n) is 17.9. The summed E-state index contributed by atoms with van der Waals surface area (Å²) in [6.45, 7) is 8.08. The van der Waals surface area contributed by atoms with E-state index in [1.165, 1.54) is 4.90 Å². The molecule has 1 aliphatic rings. The molecule has 0 radical (unpaired) electrons. The highest BCUT2D eigenvalue weighted by Crippen LogP contribution is 2.40. The largest absolute Gasteiger partial charge is 0.489 e. The van der Waals surface area contributed by atoms with Crippen molar-refractivity contribution in [3.8, 4) is 5.75 Å². The van der Waals surface area contributed by atoms with Gasteiger partial charge in [-0.1, -0.05) is 61.3 Å². The van der Waals surface area contributed by atoms with E-state index in [1.54, 1.807) is 13.8 Å². The van der Waals surface area contributed by atoms with Crippen LogP contribution < -0.4 is 10.1 Å². The normalized spacial score (nSPS) is 15.9. The summed E-state index contributed by atoms with van der Waals surface area (Å²) in [6, 6.07) is 11.1. The Bertz CT molecular complexity index is 981. The minimum Gasteiger partial charge on any atom is -0.489 e. The maximum absolute atomic E-state index is 12.4. The second-order valence-corrected chi connectivity index (χ2v) is 9.77. The van der Waals surface area contributed by atoms with Crippen LogP contribution in [0.1, 0.15) is 44.4 Å². The fourth-order valence-electron chi connectivity index (χ4n) is 3.54. The molecule has 2 aromatic rings. The lowest BCUT2D eigenvalue weighted by molar-refractivity contribution is -0.130. The Morgan fingerprint density at radius 2 is 1.61 bits per heavy atom. The molecule has 3 rings (SSSR count). The molecule has 0 atom stereocenters. The zero-order chi connectivity index (χ0) is 23.0. The first kappa shape index (κ1) is 23.7. The van der Waals surface area contributed by atoms with E-state index in [-0.39, 0.29) is 23.9 Å². The van der Waals surface area contributed by atoms with E-state index < -0.39 is 5.54 Å². The molecule has 1 fully saturated rings. The highest BCUT2D eigenvalue weighted by Gasteiger charge is 2.44. The van der Waals surface area contributed by atoms with Crippen LogP contribution >= 0.6 is 34.8 Å². The number of nitrogens with one attached hydrogen (secondary N) is 1. The van der Waals surface area contributed by atoms with Crippen molar-refractivity contribution in [3.63, 3.8) is 0 Å². The van der Waals surface area contributed by atoms with E-state index in [0.29, 0.717) is 28.3 Å². The Hall–Kier alpha value is -1.95. The molecule has 0 unspecified atom stereocenters. The Labute approximate surface area is 197 Å². The summed E-state index contributed by atoms with van der Waals surface area (Å²) in [5.74, 6) is 0.534. The summed E-state index contributed by atoms with van der Waals surface area (Å²) in [7, 11) is 0. The Balaban J connectivity index is 1.82. The third kappa shape index (κ3) is 4.79. The lowest BCUT2D eigenvalue weighted by atomic mass is 9.78. The van der Waals surface area contributed by atoms with Crippen molar-refractivity contribution in [1.82, 2.24) is 10.2 Å². The van der Waals surface area contributed by atoms with Crippen LogP contribution in [0.4, 0.5) is 4.79 Å². The molecule has 31 heavy (non-hydrogen) atoms. The maximum Gasteiger partial charge on any atom is 0.325 e. The number of carbonyl (C=O) groups excluding carboxylic acids is 2. The number of carbonyl (C=O) groups is 2. The molecule has 5 nitrogen and oxygen atoms in total. The third-order valence-corrected chi connectivity index (χ3v) is 6.22. The van der Waals surface area contributed by atoms with Gasteiger partial charge in [-0.25, -0.2) is 4.79 Å². The van der Waals surface area contributed by atoms with E-state index in [9.17, 15) is 9.59 Å². The molecule has 1 N–H and O–H groups in total. The summed E-state index contributed by atoms with van der Waals surface area (Å²) in [4.78, 5) is 25.8. The second-order valence-electron chi connectivity index (χ2n) is 8.57. The molecule has 2 aromatic carbocycles. The molecule has 1 aliphatic heterocycles. The Morgan fingerprint density at radius 3 is 2.10 bits per heavy atom. The predicted octanol–water partition coefficient (Wildman–Crippen LogP) is 5.77. The van der Waals surface area contributed by atoms with Crippen molar-refractivity contribution in [2.75, 3.05) is 12.5 Å². The van der Waals surface area contributed by atoms with Crippen molar-refractivity contribution < 1.29 is 14.3 Å². The van der Waals surface area contributed by atoms with Gasteiger partial charge in [-0.15, -0.1) is 11.6 Å². The molecular weight excluding hydrogens is 459 g/mol. The van der Waals surface area contributed by atoms with Gasteiger partial charge in [0, 0.05) is 5.41 Å². The average molecular weight is 484 g/mol. The van der Waals surface area contributed by atoms with Crippen LogP contribution in [-0.4, -0.2) is 34.9 Å². The van der Waals surface area contributed by atoms with Gasteiger partial charge in [-0.2, -0.15) is 0 Å². The number of hydrogen-bond donors (Lipinski definition) is 1. The fourth-order valence-corrected chi connectivity index (χ4v) is 4.21. The van der Waals surface area contributed by atoms with Gasteiger partial charge in [0.1, 0.15) is 12.1 Å². The molecule has 0 bridgehead atoms. The highest BCUT2D eigenvalue weighted by molar-refractivity contribution is 6.37. The summed E-state index contributed by atoms with van der Waals surface area (Å²) in [5, 5.41) is 3.55. The van der Waals surface area contributed by atoms with Gasteiger partial charge < -0.3 is 10.1 Å². The van der Waals surface area contributed by atoms with Crippen molar-refractivity contribution in [1.29, 1.82) is 0 Å². The highest BCUT2D eigenvalue weighted by atomic mass is 35.5. The summed E-state index contributed by atoms with van der Waals surface area (Å²) < 4.78 is 5.54. The maximum atomic E-state index is 12.4. The van der Waals surface area contributed by atoms with Gasteiger partial charge in [-0.3, -0.25) is 9.69 Å². The molecule has 0 spiro atoms. The van der Waals surface area contributed by atoms with Gasteiger partial charge in [0.15, 0.2) is 5.75 Å². The molecule has 0 saturated carbocycles. The number of ether oxygens (including phenoxy) is 1. The lowest BCUT2D eigenvalue weighted by Gasteiger charge is -2.27. The standard InChI is InChI=1S/C23H25Cl3N2O3/c1-22(2,16-11-17(25)19(18(26)12-16)31-10-9-24)15-7-5-14(6-8-15)13-28-20(29)23(3,4)27-21(28)30/h5-8,11-12H,9-10,13H2,1-4H3,(H,27,30). The summed E-state index contributed by atoms with van der Waals surface area (Å²) in [6.07, 6.45) is 0. The number of rotatable bonds is 7. The van der Waals surface area contributed by atoms with Crippen LogP contribution in [0.2, 0.25) is 10.0 Å².